The molecule has 0 saturated heterocycles. The van der Waals surface area contributed by atoms with Crippen molar-refractivity contribution in [1.82, 2.24) is 4.98 Å². The van der Waals surface area contributed by atoms with Crippen molar-refractivity contribution in [3.05, 3.63) is 42.1 Å². The number of carbonyl (C=O) groups is 1. The summed E-state index contributed by atoms with van der Waals surface area (Å²) in [6, 6.07) is 11.9. The van der Waals surface area contributed by atoms with Crippen molar-refractivity contribution in [3.8, 4) is 11.8 Å². The lowest BCUT2D eigenvalue weighted by Gasteiger charge is -1.96. The van der Waals surface area contributed by atoms with E-state index >= 15 is 0 Å². The highest BCUT2D eigenvalue weighted by Gasteiger charge is 1.93. The van der Waals surface area contributed by atoms with Crippen LogP contribution in [0.1, 0.15) is 25.0 Å². The maximum Gasteiger partial charge on any atom is 0.120 e. The standard InChI is InChI=1S/C15H13NO/c17-12-6-2-1-3-8-14-11-10-13-7-4-5-9-15(13)16-14/h4-5,7,9-12H,1-2,6H2. The molecule has 17 heavy (non-hydrogen) atoms. The molecule has 0 aliphatic rings. The number of pyridine rings is 1. The Balaban J connectivity index is 2.11. The zero-order valence-electron chi connectivity index (χ0n) is 9.52. The smallest absolute Gasteiger partial charge is 0.120 e. The fourth-order valence-electron chi connectivity index (χ4n) is 1.56. The van der Waals surface area contributed by atoms with Gasteiger partial charge in [-0.1, -0.05) is 30.2 Å². The number of para-hydroxylation sites is 1. The molecule has 0 unspecified atom stereocenters. The summed E-state index contributed by atoms with van der Waals surface area (Å²) >= 11 is 0. The van der Waals surface area contributed by atoms with Crippen LogP contribution in [-0.4, -0.2) is 11.3 Å². The van der Waals surface area contributed by atoms with E-state index in [1.165, 1.54) is 0 Å². The van der Waals surface area contributed by atoms with Gasteiger partial charge in [-0.25, -0.2) is 4.98 Å². The Morgan fingerprint density at radius 3 is 2.94 bits per heavy atom. The van der Waals surface area contributed by atoms with E-state index in [4.69, 9.17) is 0 Å². The number of unbranched alkanes of at least 4 members (excludes halogenated alkanes) is 2. The van der Waals surface area contributed by atoms with Crippen LogP contribution in [0.15, 0.2) is 36.4 Å². The van der Waals surface area contributed by atoms with Crippen molar-refractivity contribution in [1.29, 1.82) is 0 Å². The van der Waals surface area contributed by atoms with Crippen LogP contribution in [0.2, 0.25) is 0 Å². The summed E-state index contributed by atoms with van der Waals surface area (Å²) in [4.78, 5) is 14.6. The number of aromatic nitrogens is 1. The van der Waals surface area contributed by atoms with Crippen LogP contribution in [-0.2, 0) is 4.79 Å². The third kappa shape index (κ3) is 3.15. The van der Waals surface area contributed by atoms with Gasteiger partial charge in [-0.2, -0.15) is 0 Å². The first-order valence-corrected chi connectivity index (χ1v) is 5.68. The van der Waals surface area contributed by atoms with Crippen molar-refractivity contribution in [2.24, 2.45) is 0 Å². The van der Waals surface area contributed by atoms with Crippen molar-refractivity contribution in [2.75, 3.05) is 0 Å². The van der Waals surface area contributed by atoms with E-state index in [0.717, 1.165) is 35.7 Å². The topological polar surface area (TPSA) is 30.0 Å². The van der Waals surface area contributed by atoms with Crippen LogP contribution in [0.5, 0.6) is 0 Å². The molecule has 0 fully saturated rings. The lowest BCUT2D eigenvalue weighted by Crippen LogP contribution is -1.83. The van der Waals surface area contributed by atoms with Gasteiger partial charge in [-0.05, 0) is 24.5 Å². The van der Waals surface area contributed by atoms with Crippen LogP contribution in [0.25, 0.3) is 10.9 Å². The molecule has 2 aromatic rings. The number of hydrogen-bond acceptors (Lipinski definition) is 2. The summed E-state index contributed by atoms with van der Waals surface area (Å²) in [5.41, 5.74) is 1.75. The van der Waals surface area contributed by atoms with E-state index in [1.54, 1.807) is 0 Å². The van der Waals surface area contributed by atoms with Gasteiger partial charge in [-0.15, -0.1) is 0 Å². The molecule has 2 nitrogen and oxygen atoms in total. The molecule has 2 heteroatoms. The molecule has 0 atom stereocenters. The zero-order valence-corrected chi connectivity index (χ0v) is 9.52. The molecule has 1 aromatic carbocycles. The number of fused-ring (bicyclic) bond motifs is 1. The molecule has 1 heterocycles. The zero-order chi connectivity index (χ0) is 11.9. The lowest BCUT2D eigenvalue weighted by molar-refractivity contribution is -0.107. The second-order valence-electron chi connectivity index (χ2n) is 3.75. The summed E-state index contributed by atoms with van der Waals surface area (Å²) in [7, 11) is 0. The van der Waals surface area contributed by atoms with Crippen molar-refractivity contribution in [3.63, 3.8) is 0 Å². The van der Waals surface area contributed by atoms with Gasteiger partial charge in [0.1, 0.15) is 12.0 Å². The molecule has 0 spiro atoms. The van der Waals surface area contributed by atoms with Gasteiger partial charge in [0.15, 0.2) is 0 Å². The summed E-state index contributed by atoms with van der Waals surface area (Å²) in [5, 5.41) is 1.12. The molecule has 1 aromatic heterocycles. The second-order valence-corrected chi connectivity index (χ2v) is 3.75. The molecule has 0 radical (unpaired) electrons. The Morgan fingerprint density at radius 1 is 1.18 bits per heavy atom. The third-order valence-electron chi connectivity index (χ3n) is 2.44. The maximum atomic E-state index is 10.1. The molecule has 0 N–H and O–H groups in total. The Morgan fingerprint density at radius 2 is 2.06 bits per heavy atom. The maximum absolute atomic E-state index is 10.1. The summed E-state index contributed by atoms with van der Waals surface area (Å²) in [6.45, 7) is 0. The number of carbonyl (C=O) groups excluding carboxylic acids is 1. The van der Waals surface area contributed by atoms with E-state index in [9.17, 15) is 4.79 Å². The average molecular weight is 223 g/mol. The van der Waals surface area contributed by atoms with Gasteiger partial charge in [0.2, 0.25) is 0 Å². The number of hydrogen-bond donors (Lipinski definition) is 0. The highest BCUT2D eigenvalue weighted by atomic mass is 16.1. The van der Waals surface area contributed by atoms with Gasteiger partial charge < -0.3 is 4.79 Å². The largest absolute Gasteiger partial charge is 0.303 e. The molecule has 84 valence electrons. The first-order valence-electron chi connectivity index (χ1n) is 5.68. The molecule has 0 amide bonds. The predicted molar refractivity (Wildman–Crippen MR) is 68.5 cm³/mol. The minimum Gasteiger partial charge on any atom is -0.303 e. The Hall–Kier alpha value is -2.14. The SMILES string of the molecule is O=CCCCC#Cc1ccc2ccccc2n1. The minimum absolute atomic E-state index is 0.583. The monoisotopic (exact) mass is 223 g/mol. The van der Waals surface area contributed by atoms with Gasteiger partial charge >= 0.3 is 0 Å². The van der Waals surface area contributed by atoms with E-state index in [2.05, 4.69) is 16.8 Å². The second kappa shape index (κ2) is 5.81. The Kier molecular flexibility index (Phi) is 3.88. The molecule has 0 bridgehead atoms. The number of nitrogens with zero attached hydrogens (tertiary/aromatic N) is 1. The molecule has 2 rings (SSSR count). The van der Waals surface area contributed by atoms with E-state index in [0.29, 0.717) is 6.42 Å². The predicted octanol–water partition coefficient (Wildman–Crippen LogP) is 2.96. The van der Waals surface area contributed by atoms with Gasteiger partial charge in [0.05, 0.1) is 5.52 Å². The highest BCUT2D eigenvalue weighted by Crippen LogP contribution is 2.11. The van der Waals surface area contributed by atoms with Crippen LogP contribution in [0, 0.1) is 11.8 Å². The third-order valence-corrected chi connectivity index (χ3v) is 2.44. The van der Waals surface area contributed by atoms with Crippen molar-refractivity contribution in [2.45, 2.75) is 19.3 Å². The number of aldehydes is 1. The van der Waals surface area contributed by atoms with E-state index < -0.39 is 0 Å². The molecule has 0 aliphatic carbocycles. The Bertz CT molecular complexity index is 578. The summed E-state index contributed by atoms with van der Waals surface area (Å²) in [6.07, 6.45) is 3.08. The van der Waals surface area contributed by atoms with Crippen LogP contribution >= 0.6 is 0 Å². The first-order chi connectivity index (χ1) is 8.40. The fraction of sp³-hybridized carbons (Fsp3) is 0.200. The molecular weight excluding hydrogens is 210 g/mol. The average Bonchev–Trinajstić information content (AvgIpc) is 2.38. The normalized spacial score (nSPS) is 9.65. The lowest BCUT2D eigenvalue weighted by atomic mass is 10.2. The summed E-state index contributed by atoms with van der Waals surface area (Å²) in [5.74, 6) is 6.05. The van der Waals surface area contributed by atoms with Crippen LogP contribution in [0.4, 0.5) is 0 Å². The first kappa shape index (κ1) is 11.3. The highest BCUT2D eigenvalue weighted by molar-refractivity contribution is 5.78. The number of rotatable bonds is 3. The molecule has 0 aliphatic heterocycles. The minimum atomic E-state index is 0.583. The quantitative estimate of drug-likeness (QED) is 0.455. The summed E-state index contributed by atoms with van der Waals surface area (Å²) < 4.78 is 0. The number of benzene rings is 1. The van der Waals surface area contributed by atoms with Gasteiger partial charge in [-0.3, -0.25) is 0 Å². The van der Waals surface area contributed by atoms with Gasteiger partial charge in [0, 0.05) is 18.2 Å². The van der Waals surface area contributed by atoms with Gasteiger partial charge in [0.25, 0.3) is 0 Å². The molecular formula is C15H13NO. The van der Waals surface area contributed by atoms with Crippen molar-refractivity contribution < 1.29 is 4.79 Å². The van der Waals surface area contributed by atoms with Crippen molar-refractivity contribution >= 4 is 17.2 Å². The van der Waals surface area contributed by atoms with Crippen LogP contribution < -0.4 is 0 Å². The van der Waals surface area contributed by atoms with Crippen LogP contribution in [0.3, 0.4) is 0 Å². The Labute approximate surface area is 101 Å². The molecule has 0 saturated carbocycles. The van der Waals surface area contributed by atoms with E-state index in [-0.39, 0.29) is 0 Å². The fourth-order valence-corrected chi connectivity index (χ4v) is 1.56. The van der Waals surface area contributed by atoms with E-state index in [1.807, 2.05) is 36.4 Å².